The minimum atomic E-state index is -0.0102. The lowest BCUT2D eigenvalue weighted by Crippen LogP contribution is -2.42. The fourth-order valence-electron chi connectivity index (χ4n) is 4.38. The van der Waals surface area contributed by atoms with E-state index in [1.54, 1.807) is 36.9 Å². The Kier molecular flexibility index (Phi) is 6.94. The topological polar surface area (TPSA) is 159 Å². The Bertz CT molecular complexity index is 1210. The first-order valence-corrected chi connectivity index (χ1v) is 11.9. The lowest BCUT2D eigenvalue weighted by molar-refractivity contribution is 0.0718. The number of nitrogen functional groups attached to an aromatic ring is 1. The second kappa shape index (κ2) is 10.6. The Labute approximate surface area is 208 Å². The molecule has 0 unspecified atom stereocenters. The van der Waals surface area contributed by atoms with E-state index in [1.807, 2.05) is 4.90 Å². The van der Waals surface area contributed by atoms with E-state index < -0.39 is 0 Å². The first-order valence-electron chi connectivity index (χ1n) is 11.9. The summed E-state index contributed by atoms with van der Waals surface area (Å²) < 4.78 is 5.49. The van der Waals surface area contributed by atoms with Crippen LogP contribution in [0, 0.1) is 5.41 Å². The molecule has 3 aromatic rings. The maximum Gasteiger partial charge on any atom is 0.255 e. The van der Waals surface area contributed by atoms with Gasteiger partial charge in [0.05, 0.1) is 30.0 Å². The highest BCUT2D eigenvalue weighted by Gasteiger charge is 2.26. The SMILES string of the molecule is N=Cc1c(NC2CCN(C(=O)c3cccnc3)CC2)nc(N2CCOCC2)nc1-c1cnc(N)nc1. The summed E-state index contributed by atoms with van der Waals surface area (Å²) in [6, 6.07) is 3.64. The number of morpholine rings is 1. The van der Waals surface area contributed by atoms with E-state index in [9.17, 15) is 4.79 Å². The van der Waals surface area contributed by atoms with Crippen LogP contribution in [0.3, 0.4) is 0 Å². The van der Waals surface area contributed by atoms with Gasteiger partial charge in [-0.3, -0.25) is 9.78 Å². The van der Waals surface area contributed by atoms with Crippen molar-refractivity contribution >= 4 is 29.8 Å². The summed E-state index contributed by atoms with van der Waals surface area (Å²) in [4.78, 5) is 38.6. The highest BCUT2D eigenvalue weighted by Crippen LogP contribution is 2.29. The predicted molar refractivity (Wildman–Crippen MR) is 135 cm³/mol. The van der Waals surface area contributed by atoms with E-state index in [-0.39, 0.29) is 17.9 Å². The number of rotatable bonds is 6. The van der Waals surface area contributed by atoms with Gasteiger partial charge in [-0.15, -0.1) is 0 Å². The minimum Gasteiger partial charge on any atom is -0.378 e. The van der Waals surface area contributed by atoms with Gasteiger partial charge >= 0.3 is 0 Å². The zero-order chi connectivity index (χ0) is 24.9. The number of piperidine rings is 1. The van der Waals surface area contributed by atoms with Gasteiger partial charge in [-0.1, -0.05) is 0 Å². The Morgan fingerprint density at radius 1 is 1.11 bits per heavy atom. The van der Waals surface area contributed by atoms with E-state index in [1.165, 1.54) is 6.21 Å². The smallest absolute Gasteiger partial charge is 0.255 e. The Morgan fingerprint density at radius 2 is 1.86 bits per heavy atom. The molecule has 12 heteroatoms. The average molecular weight is 489 g/mol. The molecule has 12 nitrogen and oxygen atoms in total. The van der Waals surface area contributed by atoms with Gasteiger partial charge in [0, 0.05) is 68.8 Å². The zero-order valence-electron chi connectivity index (χ0n) is 19.8. The molecule has 0 saturated carbocycles. The van der Waals surface area contributed by atoms with Crippen molar-refractivity contribution < 1.29 is 9.53 Å². The molecule has 36 heavy (non-hydrogen) atoms. The maximum atomic E-state index is 12.8. The van der Waals surface area contributed by atoms with Gasteiger partial charge in [-0.25, -0.2) is 15.0 Å². The second-order valence-corrected chi connectivity index (χ2v) is 8.66. The van der Waals surface area contributed by atoms with Crippen molar-refractivity contribution in [1.29, 1.82) is 5.41 Å². The lowest BCUT2D eigenvalue weighted by Gasteiger charge is -2.33. The van der Waals surface area contributed by atoms with Crippen LogP contribution < -0.4 is 16.0 Å². The minimum absolute atomic E-state index is 0.0102. The van der Waals surface area contributed by atoms with Crippen LogP contribution in [0.1, 0.15) is 28.8 Å². The number of nitrogens with zero attached hydrogens (tertiary/aromatic N) is 7. The average Bonchev–Trinajstić information content (AvgIpc) is 2.94. The van der Waals surface area contributed by atoms with Crippen molar-refractivity contribution in [1.82, 2.24) is 29.8 Å². The number of carbonyl (C=O) groups excluding carboxylic acids is 1. The molecular formula is C24H28N10O2. The molecule has 1 amide bonds. The number of carbonyl (C=O) groups is 1. The van der Waals surface area contributed by atoms with Crippen LogP contribution in [0.5, 0.6) is 0 Å². The molecule has 2 aliphatic heterocycles. The molecule has 0 aliphatic carbocycles. The summed E-state index contributed by atoms with van der Waals surface area (Å²) in [7, 11) is 0. The molecule has 0 radical (unpaired) electrons. The number of anilines is 3. The Balaban J connectivity index is 1.39. The molecule has 2 fully saturated rings. The molecule has 0 aromatic carbocycles. The molecule has 3 aromatic heterocycles. The van der Waals surface area contributed by atoms with Crippen LogP contribution in [0.4, 0.5) is 17.7 Å². The number of ether oxygens (including phenoxy) is 1. The number of hydrogen-bond acceptors (Lipinski definition) is 11. The Hall–Kier alpha value is -4.19. The third-order valence-corrected chi connectivity index (χ3v) is 6.35. The number of nitrogens with one attached hydrogen (secondary N) is 2. The molecule has 186 valence electrons. The molecule has 5 rings (SSSR count). The van der Waals surface area contributed by atoms with Crippen LogP contribution in [-0.2, 0) is 4.74 Å². The van der Waals surface area contributed by atoms with Gasteiger partial charge in [0.2, 0.25) is 11.9 Å². The summed E-state index contributed by atoms with van der Waals surface area (Å²) in [5.41, 5.74) is 8.04. The third-order valence-electron chi connectivity index (χ3n) is 6.35. The van der Waals surface area contributed by atoms with Gasteiger partial charge in [0.1, 0.15) is 5.82 Å². The quantitative estimate of drug-likeness (QED) is 0.434. The molecule has 0 bridgehead atoms. The van der Waals surface area contributed by atoms with Crippen LogP contribution in [0.25, 0.3) is 11.3 Å². The highest BCUT2D eigenvalue weighted by molar-refractivity contribution is 5.94. The van der Waals surface area contributed by atoms with Gasteiger partial charge in [0.15, 0.2) is 0 Å². The largest absolute Gasteiger partial charge is 0.378 e. The highest BCUT2D eigenvalue weighted by atomic mass is 16.5. The van der Waals surface area contributed by atoms with E-state index in [4.69, 9.17) is 25.8 Å². The molecule has 4 N–H and O–H groups in total. The second-order valence-electron chi connectivity index (χ2n) is 8.66. The van der Waals surface area contributed by atoms with Gasteiger partial charge < -0.3 is 31.0 Å². The molecule has 5 heterocycles. The van der Waals surface area contributed by atoms with Gasteiger partial charge in [-0.05, 0) is 25.0 Å². The van der Waals surface area contributed by atoms with Crippen molar-refractivity contribution in [3.05, 3.63) is 48.0 Å². The molecule has 2 aliphatic rings. The molecular weight excluding hydrogens is 460 g/mol. The van der Waals surface area contributed by atoms with E-state index in [0.29, 0.717) is 73.5 Å². The summed E-state index contributed by atoms with van der Waals surface area (Å²) in [6.07, 6.45) is 9.21. The van der Waals surface area contributed by atoms with E-state index in [2.05, 4.69) is 25.2 Å². The Morgan fingerprint density at radius 3 is 2.53 bits per heavy atom. The fraction of sp³-hybridized carbons (Fsp3) is 0.375. The summed E-state index contributed by atoms with van der Waals surface area (Å²) in [6.45, 7) is 3.78. The first kappa shape index (κ1) is 23.5. The summed E-state index contributed by atoms with van der Waals surface area (Å²) in [5, 5.41) is 11.7. The first-order chi connectivity index (χ1) is 17.6. The number of likely N-dealkylation sites (tertiary alicyclic amines) is 1. The van der Waals surface area contributed by atoms with Crippen molar-refractivity contribution in [3.8, 4) is 11.3 Å². The third kappa shape index (κ3) is 5.08. The number of pyridine rings is 1. The standard InChI is InChI=1S/C24H28N10O2/c25-12-19-20(17-14-28-23(26)29-15-17)31-24(34-8-10-36-11-9-34)32-21(19)30-18-3-6-33(7-4-18)22(35)16-2-1-5-27-13-16/h1-2,5,12-15,18,25H,3-4,6-11H2,(H2,26,28,29)(H,30,31,32). The van der Waals surface area contributed by atoms with Crippen molar-refractivity contribution in [2.24, 2.45) is 0 Å². The fourth-order valence-corrected chi connectivity index (χ4v) is 4.38. The summed E-state index contributed by atoms with van der Waals surface area (Å²) >= 11 is 0. The van der Waals surface area contributed by atoms with Crippen LogP contribution in [-0.4, -0.2) is 87.4 Å². The monoisotopic (exact) mass is 488 g/mol. The van der Waals surface area contributed by atoms with Crippen LogP contribution >= 0.6 is 0 Å². The number of aromatic nitrogens is 5. The molecule has 2 saturated heterocycles. The van der Waals surface area contributed by atoms with Crippen LogP contribution in [0.2, 0.25) is 0 Å². The van der Waals surface area contributed by atoms with E-state index in [0.717, 1.165) is 12.8 Å². The lowest BCUT2D eigenvalue weighted by atomic mass is 10.0. The normalized spacial score (nSPS) is 16.6. The van der Waals surface area contributed by atoms with Crippen molar-refractivity contribution in [2.45, 2.75) is 18.9 Å². The van der Waals surface area contributed by atoms with Crippen molar-refractivity contribution in [2.75, 3.05) is 55.3 Å². The number of hydrogen-bond donors (Lipinski definition) is 3. The number of amides is 1. The summed E-state index contributed by atoms with van der Waals surface area (Å²) in [5.74, 6) is 1.29. The van der Waals surface area contributed by atoms with Gasteiger partial charge in [-0.2, -0.15) is 4.98 Å². The van der Waals surface area contributed by atoms with Crippen molar-refractivity contribution in [3.63, 3.8) is 0 Å². The maximum absolute atomic E-state index is 12.8. The number of nitrogens with two attached hydrogens (primary N) is 1. The molecule has 0 spiro atoms. The zero-order valence-corrected chi connectivity index (χ0v) is 19.8. The van der Waals surface area contributed by atoms with Crippen LogP contribution in [0.15, 0.2) is 36.9 Å². The predicted octanol–water partition coefficient (Wildman–Crippen LogP) is 1.46. The molecule has 0 atom stereocenters. The van der Waals surface area contributed by atoms with E-state index >= 15 is 0 Å². The van der Waals surface area contributed by atoms with Gasteiger partial charge in [0.25, 0.3) is 5.91 Å².